The second-order valence-corrected chi connectivity index (χ2v) is 0. The Bertz CT molecular complexity index is 8.00. The second kappa shape index (κ2) is 81.1. The fraction of sp³-hybridized carbons (Fsp3) is 1.00. The summed E-state index contributed by atoms with van der Waals surface area (Å²) in [5, 5.41) is 0. The summed E-state index contributed by atoms with van der Waals surface area (Å²) in [5.41, 5.74) is 0. The standard InChI is InChI=1S/CH4.H3N.H2S.Si/h1H4;1H3;1H2;. The fourth-order valence-corrected chi connectivity index (χ4v) is 0. The van der Waals surface area contributed by atoms with Crippen LogP contribution in [0, 0.1) is 0 Å². The van der Waals surface area contributed by atoms with Crippen LogP contribution in [0.3, 0.4) is 0 Å². The minimum atomic E-state index is 0. The smallest absolute Gasteiger partial charge is 0 e. The highest BCUT2D eigenvalue weighted by atomic mass is 32.1. The lowest BCUT2D eigenvalue weighted by Gasteiger charge is -0.344. The van der Waals surface area contributed by atoms with E-state index >= 15 is 0 Å². The molecule has 0 fully saturated rings. The van der Waals surface area contributed by atoms with Gasteiger partial charge in [-0.1, -0.05) is 7.43 Å². The molecule has 0 unspecified atom stereocenters. The molecule has 1 nitrogen and oxygen atoms in total. The van der Waals surface area contributed by atoms with Gasteiger partial charge in [-0.2, -0.15) is 13.5 Å². The highest BCUT2D eigenvalue weighted by Crippen LogP contribution is 0.648. The maximum Gasteiger partial charge on any atom is 0 e. The molecular formula is CH9NSSi. The normalized spacial score (nSPS) is 0. The fourth-order valence-electron chi connectivity index (χ4n) is 0. The van der Waals surface area contributed by atoms with E-state index in [9.17, 15) is 0 Å². The summed E-state index contributed by atoms with van der Waals surface area (Å²) in [6.45, 7) is 0. The van der Waals surface area contributed by atoms with E-state index in [1.807, 2.05) is 0 Å². The third kappa shape index (κ3) is 21.2. The predicted molar refractivity (Wildman–Crippen MR) is 27.9 cm³/mol. The topological polar surface area (TPSA) is 35.0 Å². The van der Waals surface area contributed by atoms with Crippen LogP contribution in [0.2, 0.25) is 0 Å². The number of rotatable bonds is 0. The molecule has 0 aliphatic rings. The summed E-state index contributed by atoms with van der Waals surface area (Å²) < 4.78 is 0. The molecule has 4 radical (unpaired) electrons. The van der Waals surface area contributed by atoms with Crippen molar-refractivity contribution in [2.24, 2.45) is 0 Å². The molecule has 0 atom stereocenters. The molecule has 0 aliphatic heterocycles. The highest BCUT2D eigenvalue weighted by molar-refractivity contribution is 7.59. The van der Waals surface area contributed by atoms with Crippen molar-refractivity contribution >= 4 is 24.5 Å². The van der Waals surface area contributed by atoms with Crippen LogP contribution in [0.15, 0.2) is 0 Å². The molecule has 0 aromatic heterocycles. The van der Waals surface area contributed by atoms with E-state index in [0.29, 0.717) is 0 Å². The molecule has 0 heterocycles. The summed E-state index contributed by atoms with van der Waals surface area (Å²) in [5.74, 6) is 0. The summed E-state index contributed by atoms with van der Waals surface area (Å²) in [6, 6.07) is 0. The van der Waals surface area contributed by atoms with Gasteiger partial charge in [0.25, 0.3) is 0 Å². The van der Waals surface area contributed by atoms with Crippen LogP contribution < -0.4 is 6.15 Å². The zero-order valence-corrected chi connectivity index (χ0v) is 3.71. The lowest BCUT2D eigenvalue weighted by atomic mass is 12.0. The first-order valence-electron chi connectivity index (χ1n) is 0. The highest BCUT2D eigenvalue weighted by Gasteiger charge is 0.0000211. The van der Waals surface area contributed by atoms with Gasteiger partial charge < -0.3 is 6.15 Å². The largest absolute Gasteiger partial charge is 0.344 e. The van der Waals surface area contributed by atoms with Gasteiger partial charge in [-0.15, -0.1) is 0 Å². The van der Waals surface area contributed by atoms with E-state index < -0.39 is 0 Å². The van der Waals surface area contributed by atoms with E-state index in [1.54, 1.807) is 0 Å². The Morgan fingerprint density at radius 3 is 1.00 bits per heavy atom. The first-order chi connectivity index (χ1) is 0. The molecule has 0 aromatic rings. The molecule has 0 amide bonds. The molecule has 0 aromatic carbocycles. The monoisotopic (exact) mass is 95.0 g/mol. The van der Waals surface area contributed by atoms with Crippen LogP contribution in [0.4, 0.5) is 0 Å². The zero-order valence-electron chi connectivity index (χ0n) is 1.71. The van der Waals surface area contributed by atoms with Gasteiger partial charge in [0.1, 0.15) is 0 Å². The minimum Gasteiger partial charge on any atom is -0.344 e. The van der Waals surface area contributed by atoms with Crippen molar-refractivity contribution in [3.8, 4) is 0 Å². The first-order valence-corrected chi connectivity index (χ1v) is 0. The van der Waals surface area contributed by atoms with E-state index in [-0.39, 0.29) is 38.0 Å². The van der Waals surface area contributed by atoms with E-state index in [0.717, 1.165) is 0 Å². The van der Waals surface area contributed by atoms with Crippen molar-refractivity contribution < 1.29 is 0 Å². The van der Waals surface area contributed by atoms with Crippen LogP contribution >= 0.6 is 13.5 Å². The van der Waals surface area contributed by atoms with Crippen LogP contribution in [0.25, 0.3) is 0 Å². The van der Waals surface area contributed by atoms with Crippen LogP contribution in [-0.2, 0) is 0 Å². The molecule has 0 saturated heterocycles. The van der Waals surface area contributed by atoms with Crippen molar-refractivity contribution in [3.05, 3.63) is 0 Å². The van der Waals surface area contributed by atoms with Gasteiger partial charge in [-0.05, 0) is 0 Å². The summed E-state index contributed by atoms with van der Waals surface area (Å²) >= 11 is 0. The van der Waals surface area contributed by atoms with Crippen LogP contribution in [-0.4, -0.2) is 11.0 Å². The lowest BCUT2D eigenvalue weighted by Crippen LogP contribution is -0.481. The molecule has 0 bridgehead atoms. The Hall–Kier alpha value is 0.527. The number of hydrogen-bond acceptors (Lipinski definition) is 1. The molecule has 28 valence electrons. The first kappa shape index (κ1) is 203. The second-order valence-electron chi connectivity index (χ2n) is 0. The van der Waals surface area contributed by atoms with E-state index in [2.05, 4.69) is 0 Å². The average Bonchev–Trinajstić information content (AvgIpc) is 0. The van der Waals surface area contributed by atoms with Crippen molar-refractivity contribution in [1.82, 2.24) is 6.15 Å². The third-order valence-corrected chi connectivity index (χ3v) is 0. The van der Waals surface area contributed by atoms with Crippen molar-refractivity contribution in [2.45, 2.75) is 7.43 Å². The molecule has 0 rings (SSSR count). The van der Waals surface area contributed by atoms with Gasteiger partial charge in [0, 0.05) is 11.0 Å². The number of hydrogen-bond donors (Lipinski definition) is 1. The Labute approximate surface area is 38.8 Å². The summed E-state index contributed by atoms with van der Waals surface area (Å²) in [7, 11) is 0. The Balaban J connectivity index is 0. The van der Waals surface area contributed by atoms with Gasteiger partial charge in [0.2, 0.25) is 0 Å². The molecular weight excluding hydrogens is 86.2 g/mol. The zero-order chi connectivity index (χ0) is 0. The SMILES string of the molecule is C.N.S.[Si]. The molecule has 3 heteroatoms. The van der Waals surface area contributed by atoms with Crippen molar-refractivity contribution in [3.63, 3.8) is 0 Å². The molecule has 3 N–H and O–H groups in total. The van der Waals surface area contributed by atoms with Gasteiger partial charge >= 0.3 is 0 Å². The maximum absolute atomic E-state index is 0. The molecule has 0 aliphatic carbocycles. The summed E-state index contributed by atoms with van der Waals surface area (Å²) in [4.78, 5) is 0. The maximum atomic E-state index is 0. The average molecular weight is 95.2 g/mol. The van der Waals surface area contributed by atoms with Crippen molar-refractivity contribution in [1.29, 1.82) is 0 Å². The van der Waals surface area contributed by atoms with Gasteiger partial charge in [-0.25, -0.2) is 0 Å². The summed E-state index contributed by atoms with van der Waals surface area (Å²) in [6.07, 6.45) is 0. The van der Waals surface area contributed by atoms with E-state index in [4.69, 9.17) is 0 Å². The van der Waals surface area contributed by atoms with Crippen LogP contribution in [0.1, 0.15) is 7.43 Å². The molecule has 4 heavy (non-hydrogen) atoms. The third-order valence-electron chi connectivity index (χ3n) is 0. The molecule has 0 saturated carbocycles. The minimum absolute atomic E-state index is 0. The van der Waals surface area contributed by atoms with Crippen molar-refractivity contribution in [2.75, 3.05) is 0 Å². The van der Waals surface area contributed by atoms with E-state index in [1.165, 1.54) is 0 Å². The predicted octanol–water partition coefficient (Wildman–Crippen LogP) is 0.530. The van der Waals surface area contributed by atoms with Gasteiger partial charge in [-0.3, -0.25) is 0 Å². The van der Waals surface area contributed by atoms with Crippen LogP contribution in [0.5, 0.6) is 0 Å². The Morgan fingerprint density at radius 1 is 1.00 bits per heavy atom. The Morgan fingerprint density at radius 2 is 1.00 bits per heavy atom. The van der Waals surface area contributed by atoms with Gasteiger partial charge in [0.05, 0.1) is 0 Å². The Kier molecular flexibility index (Phi) is 4110. The van der Waals surface area contributed by atoms with Gasteiger partial charge in [0.15, 0.2) is 0 Å². The quantitative estimate of drug-likeness (QED) is 0.438. The molecule has 0 spiro atoms. The lowest BCUT2D eigenvalue weighted by molar-refractivity contribution is 2.13.